The lowest BCUT2D eigenvalue weighted by Crippen LogP contribution is -2.14. The van der Waals surface area contributed by atoms with Crippen molar-refractivity contribution in [2.75, 3.05) is 11.1 Å². The van der Waals surface area contributed by atoms with Crippen LogP contribution in [0.15, 0.2) is 47.5 Å². The molecular formula is C15H16N2OS. The molecule has 0 saturated carbocycles. The highest BCUT2D eigenvalue weighted by atomic mass is 32.2. The Hall–Kier alpha value is -1.81. The molecule has 0 aliphatic rings. The average molecular weight is 272 g/mol. The van der Waals surface area contributed by atoms with Gasteiger partial charge < -0.3 is 5.32 Å². The van der Waals surface area contributed by atoms with Crippen LogP contribution in [0.5, 0.6) is 0 Å². The molecular weight excluding hydrogens is 256 g/mol. The summed E-state index contributed by atoms with van der Waals surface area (Å²) < 4.78 is 0. The van der Waals surface area contributed by atoms with Gasteiger partial charge in [-0.25, -0.2) is 4.98 Å². The van der Waals surface area contributed by atoms with Crippen LogP contribution in [0.1, 0.15) is 22.8 Å². The first-order valence-corrected chi connectivity index (χ1v) is 7.15. The normalized spacial score (nSPS) is 10.2. The molecule has 19 heavy (non-hydrogen) atoms. The van der Waals surface area contributed by atoms with E-state index in [-0.39, 0.29) is 5.91 Å². The van der Waals surface area contributed by atoms with Crippen molar-refractivity contribution in [2.24, 2.45) is 0 Å². The van der Waals surface area contributed by atoms with Gasteiger partial charge in [0.15, 0.2) is 0 Å². The van der Waals surface area contributed by atoms with Crippen LogP contribution in [-0.2, 0) is 0 Å². The minimum atomic E-state index is -0.116. The first kappa shape index (κ1) is 13.6. The van der Waals surface area contributed by atoms with E-state index in [4.69, 9.17) is 0 Å². The zero-order valence-electron chi connectivity index (χ0n) is 11.0. The van der Waals surface area contributed by atoms with E-state index in [0.29, 0.717) is 11.4 Å². The summed E-state index contributed by atoms with van der Waals surface area (Å²) in [5.41, 5.74) is 1.76. The van der Waals surface area contributed by atoms with Gasteiger partial charge in [-0.3, -0.25) is 4.79 Å². The molecule has 0 aliphatic heterocycles. The number of pyridine rings is 1. The molecule has 2 aromatic rings. The number of aryl methyl sites for hydroxylation is 1. The van der Waals surface area contributed by atoms with Crippen LogP contribution < -0.4 is 5.32 Å². The van der Waals surface area contributed by atoms with E-state index in [9.17, 15) is 4.79 Å². The van der Waals surface area contributed by atoms with Gasteiger partial charge in [0.05, 0.1) is 5.56 Å². The zero-order valence-corrected chi connectivity index (χ0v) is 11.8. The summed E-state index contributed by atoms with van der Waals surface area (Å²) in [6.07, 6.45) is 1.69. The number of amides is 1. The van der Waals surface area contributed by atoms with Crippen LogP contribution in [-0.4, -0.2) is 16.6 Å². The first-order chi connectivity index (χ1) is 9.20. The number of nitrogens with zero attached hydrogens (tertiary/aromatic N) is 1. The molecule has 0 aliphatic carbocycles. The zero-order chi connectivity index (χ0) is 13.7. The molecule has 0 unspecified atom stereocenters. The lowest BCUT2D eigenvalue weighted by atomic mass is 10.2. The van der Waals surface area contributed by atoms with Crippen molar-refractivity contribution >= 4 is 23.5 Å². The number of thioether (sulfide) groups is 1. The molecule has 0 atom stereocenters. The molecule has 98 valence electrons. The number of benzene rings is 1. The van der Waals surface area contributed by atoms with Crippen LogP contribution in [0.2, 0.25) is 0 Å². The second-order valence-electron chi connectivity index (χ2n) is 4.10. The SMILES string of the molecule is CCSc1ccccc1C(=O)Nc1cc(C)ccn1. The van der Waals surface area contributed by atoms with Gasteiger partial charge in [0.2, 0.25) is 0 Å². The number of hydrogen-bond donors (Lipinski definition) is 1. The largest absolute Gasteiger partial charge is 0.307 e. The molecule has 0 radical (unpaired) electrons. The van der Waals surface area contributed by atoms with Crippen molar-refractivity contribution in [3.8, 4) is 0 Å². The van der Waals surface area contributed by atoms with Gasteiger partial charge in [-0.05, 0) is 42.5 Å². The summed E-state index contributed by atoms with van der Waals surface area (Å²) in [6.45, 7) is 4.04. The Labute approximate surface area is 117 Å². The summed E-state index contributed by atoms with van der Waals surface area (Å²) in [6, 6.07) is 11.4. The van der Waals surface area contributed by atoms with Crippen molar-refractivity contribution in [1.29, 1.82) is 0 Å². The van der Waals surface area contributed by atoms with Gasteiger partial charge in [0.25, 0.3) is 5.91 Å². The fourth-order valence-corrected chi connectivity index (χ4v) is 2.53. The maximum atomic E-state index is 12.3. The smallest absolute Gasteiger partial charge is 0.257 e. The van der Waals surface area contributed by atoms with Crippen molar-refractivity contribution in [1.82, 2.24) is 4.98 Å². The van der Waals surface area contributed by atoms with E-state index in [1.54, 1.807) is 18.0 Å². The van der Waals surface area contributed by atoms with E-state index in [2.05, 4.69) is 17.2 Å². The van der Waals surface area contributed by atoms with Gasteiger partial charge >= 0.3 is 0 Å². The van der Waals surface area contributed by atoms with Crippen molar-refractivity contribution < 1.29 is 4.79 Å². The van der Waals surface area contributed by atoms with Crippen LogP contribution >= 0.6 is 11.8 Å². The molecule has 3 nitrogen and oxygen atoms in total. The summed E-state index contributed by atoms with van der Waals surface area (Å²) in [5, 5.41) is 2.83. The molecule has 0 bridgehead atoms. The fourth-order valence-electron chi connectivity index (χ4n) is 1.72. The lowest BCUT2D eigenvalue weighted by molar-refractivity contribution is 0.102. The van der Waals surface area contributed by atoms with Gasteiger partial charge in [-0.2, -0.15) is 0 Å². The number of aromatic nitrogens is 1. The highest BCUT2D eigenvalue weighted by molar-refractivity contribution is 7.99. The Morgan fingerprint density at radius 2 is 2.11 bits per heavy atom. The number of carbonyl (C=O) groups excluding carboxylic acids is 1. The molecule has 1 aromatic heterocycles. The quantitative estimate of drug-likeness (QED) is 0.862. The highest BCUT2D eigenvalue weighted by Gasteiger charge is 2.11. The molecule has 4 heteroatoms. The Balaban J connectivity index is 2.20. The van der Waals surface area contributed by atoms with Gasteiger partial charge in [0.1, 0.15) is 5.82 Å². The third-order valence-corrected chi connectivity index (χ3v) is 3.54. The summed E-state index contributed by atoms with van der Waals surface area (Å²) in [4.78, 5) is 17.4. The third-order valence-electron chi connectivity index (χ3n) is 2.59. The highest BCUT2D eigenvalue weighted by Crippen LogP contribution is 2.23. The number of nitrogens with one attached hydrogen (secondary N) is 1. The van der Waals surface area contributed by atoms with Crippen molar-refractivity contribution in [3.05, 3.63) is 53.7 Å². The van der Waals surface area contributed by atoms with Crippen LogP contribution in [0.4, 0.5) is 5.82 Å². The Morgan fingerprint density at radius 3 is 2.84 bits per heavy atom. The van der Waals surface area contributed by atoms with E-state index in [1.807, 2.05) is 43.3 Å². The summed E-state index contributed by atoms with van der Waals surface area (Å²) in [5.74, 6) is 1.41. The molecule has 0 spiro atoms. The standard InChI is InChI=1S/C15H16N2OS/c1-3-19-13-7-5-4-6-12(13)15(18)17-14-10-11(2)8-9-16-14/h4-10H,3H2,1-2H3,(H,16,17,18). The molecule has 1 N–H and O–H groups in total. The molecule has 2 rings (SSSR count). The third kappa shape index (κ3) is 3.58. The van der Waals surface area contributed by atoms with Crippen LogP contribution in [0.3, 0.4) is 0 Å². The molecule has 1 heterocycles. The average Bonchev–Trinajstić information content (AvgIpc) is 2.39. The van der Waals surface area contributed by atoms with Crippen molar-refractivity contribution in [3.63, 3.8) is 0 Å². The van der Waals surface area contributed by atoms with Gasteiger partial charge in [-0.1, -0.05) is 19.1 Å². The van der Waals surface area contributed by atoms with E-state index in [0.717, 1.165) is 16.2 Å². The van der Waals surface area contributed by atoms with Crippen LogP contribution in [0.25, 0.3) is 0 Å². The topological polar surface area (TPSA) is 42.0 Å². The van der Waals surface area contributed by atoms with Crippen LogP contribution in [0, 0.1) is 6.92 Å². The second-order valence-corrected chi connectivity index (χ2v) is 5.41. The number of carbonyl (C=O) groups is 1. The monoisotopic (exact) mass is 272 g/mol. The summed E-state index contributed by atoms with van der Waals surface area (Å²) in [7, 11) is 0. The Bertz CT molecular complexity index is 584. The molecule has 1 amide bonds. The molecule has 0 fully saturated rings. The van der Waals surface area contributed by atoms with Gasteiger partial charge in [0, 0.05) is 11.1 Å². The second kappa shape index (κ2) is 6.38. The Morgan fingerprint density at radius 1 is 1.32 bits per heavy atom. The number of anilines is 1. The minimum absolute atomic E-state index is 0.116. The maximum absolute atomic E-state index is 12.3. The predicted octanol–water partition coefficient (Wildman–Crippen LogP) is 3.75. The van der Waals surface area contributed by atoms with E-state index >= 15 is 0 Å². The first-order valence-electron chi connectivity index (χ1n) is 6.16. The Kier molecular flexibility index (Phi) is 4.58. The van der Waals surface area contributed by atoms with Gasteiger partial charge in [-0.15, -0.1) is 11.8 Å². The number of rotatable bonds is 4. The predicted molar refractivity (Wildman–Crippen MR) is 79.8 cm³/mol. The van der Waals surface area contributed by atoms with Crippen molar-refractivity contribution in [2.45, 2.75) is 18.7 Å². The fraction of sp³-hybridized carbons (Fsp3) is 0.200. The number of hydrogen-bond acceptors (Lipinski definition) is 3. The molecule has 0 saturated heterocycles. The van der Waals surface area contributed by atoms with E-state index < -0.39 is 0 Å². The van der Waals surface area contributed by atoms with E-state index in [1.165, 1.54) is 0 Å². The molecule has 1 aromatic carbocycles. The lowest BCUT2D eigenvalue weighted by Gasteiger charge is -2.08. The maximum Gasteiger partial charge on any atom is 0.257 e. The minimum Gasteiger partial charge on any atom is -0.307 e. The summed E-state index contributed by atoms with van der Waals surface area (Å²) >= 11 is 1.66.